The van der Waals surface area contributed by atoms with E-state index in [0.29, 0.717) is 24.3 Å². The lowest BCUT2D eigenvalue weighted by molar-refractivity contribution is 0.0187. The molecular formula is C31H36N4O4. The number of pyridine rings is 2. The van der Waals surface area contributed by atoms with Crippen LogP contribution < -0.4 is 15.6 Å². The van der Waals surface area contributed by atoms with E-state index in [9.17, 15) is 9.59 Å². The summed E-state index contributed by atoms with van der Waals surface area (Å²) in [7, 11) is 1.66. The molecule has 0 saturated carbocycles. The minimum absolute atomic E-state index is 0.0717. The molecule has 2 N–H and O–H groups in total. The largest absolute Gasteiger partial charge is 0.497 e. The Morgan fingerprint density at radius 1 is 1.08 bits per heavy atom. The molecule has 0 spiro atoms. The molecule has 1 fully saturated rings. The van der Waals surface area contributed by atoms with Crippen molar-refractivity contribution >= 4 is 11.4 Å². The maximum Gasteiger partial charge on any atom is 0.253 e. The zero-order chi connectivity index (χ0) is 27.7. The maximum atomic E-state index is 13.6. The van der Waals surface area contributed by atoms with Crippen molar-refractivity contribution in [3.8, 4) is 16.9 Å². The van der Waals surface area contributed by atoms with Gasteiger partial charge >= 0.3 is 0 Å². The summed E-state index contributed by atoms with van der Waals surface area (Å²) in [4.78, 5) is 31.3. The van der Waals surface area contributed by atoms with Gasteiger partial charge in [0.2, 0.25) is 0 Å². The number of hydrogen-bond donors (Lipinski definition) is 2. The monoisotopic (exact) mass is 528 g/mol. The summed E-state index contributed by atoms with van der Waals surface area (Å²) >= 11 is 0. The van der Waals surface area contributed by atoms with Gasteiger partial charge in [-0.1, -0.05) is 12.1 Å². The first kappa shape index (κ1) is 26.7. The molecule has 1 atom stereocenters. The molecule has 8 nitrogen and oxygen atoms in total. The lowest BCUT2D eigenvalue weighted by Crippen LogP contribution is -2.39. The second kappa shape index (κ2) is 11.1. The highest BCUT2D eigenvalue weighted by molar-refractivity contribution is 5.97. The Bertz CT molecular complexity index is 1560. The van der Waals surface area contributed by atoms with Gasteiger partial charge in [-0.25, -0.2) is 0 Å². The average Bonchev–Trinajstić information content (AvgIpc) is 3.36. The van der Waals surface area contributed by atoms with Crippen LogP contribution in [0.15, 0.2) is 53.5 Å². The number of ether oxygens (including phenoxy) is 2. The minimum Gasteiger partial charge on any atom is -0.497 e. The van der Waals surface area contributed by atoms with E-state index < -0.39 is 0 Å². The number of rotatable bonds is 7. The Hall–Kier alpha value is -3.88. The average molecular weight is 529 g/mol. The first-order valence-electron chi connectivity index (χ1n) is 13.4. The van der Waals surface area contributed by atoms with Crippen molar-refractivity contribution in [3.63, 3.8) is 0 Å². The molecule has 1 aliphatic rings. The van der Waals surface area contributed by atoms with Gasteiger partial charge in [-0.15, -0.1) is 0 Å². The van der Waals surface area contributed by atoms with Gasteiger partial charge in [0.25, 0.3) is 11.5 Å². The van der Waals surface area contributed by atoms with Crippen molar-refractivity contribution in [3.05, 3.63) is 92.7 Å². The number of aromatic nitrogens is 2. The zero-order valence-electron chi connectivity index (χ0n) is 23.3. The van der Waals surface area contributed by atoms with Crippen LogP contribution in [0.2, 0.25) is 0 Å². The predicted molar refractivity (Wildman–Crippen MR) is 153 cm³/mol. The van der Waals surface area contributed by atoms with Crippen molar-refractivity contribution in [1.29, 1.82) is 0 Å². The number of H-pyrrole nitrogens is 1. The summed E-state index contributed by atoms with van der Waals surface area (Å²) in [6.07, 6.45) is 2.15. The van der Waals surface area contributed by atoms with Gasteiger partial charge in [-0.3, -0.25) is 14.5 Å². The van der Waals surface area contributed by atoms with Gasteiger partial charge in [0.15, 0.2) is 0 Å². The highest BCUT2D eigenvalue weighted by Gasteiger charge is 2.26. The molecule has 0 bridgehead atoms. The fourth-order valence-corrected chi connectivity index (χ4v) is 5.57. The summed E-state index contributed by atoms with van der Waals surface area (Å²) in [5, 5.41) is 3.00. The molecule has 39 heavy (non-hydrogen) atoms. The Morgan fingerprint density at radius 3 is 2.46 bits per heavy atom. The van der Waals surface area contributed by atoms with Gasteiger partial charge < -0.3 is 24.2 Å². The van der Waals surface area contributed by atoms with E-state index in [-0.39, 0.29) is 24.1 Å². The number of hydrogen-bond acceptors (Lipinski definition) is 5. The standard InChI is InChI=1S/C31H36N4O4/c1-19-14-20(2)33-31(37)28(19)17-32-30(36)27-16-25-15-24(23-6-8-26(38-5)9-7-23)18-35(25)29(21(27)3)22(4)34-10-12-39-13-11-34/h6-9,14-16,18,22H,10-13,17H2,1-5H3,(H,32,36)(H,33,37). The van der Waals surface area contributed by atoms with Gasteiger partial charge in [0.05, 0.1) is 20.3 Å². The lowest BCUT2D eigenvalue weighted by Gasteiger charge is -2.34. The molecule has 1 aliphatic heterocycles. The number of carbonyl (C=O) groups excluding carboxylic acids is 1. The third-order valence-corrected chi connectivity index (χ3v) is 7.77. The number of methoxy groups -OCH3 is 1. The van der Waals surface area contributed by atoms with Gasteiger partial charge in [-0.05, 0) is 74.7 Å². The van der Waals surface area contributed by atoms with Crippen LogP contribution in [0, 0.1) is 20.8 Å². The Balaban J connectivity index is 1.55. The van der Waals surface area contributed by atoms with Crippen LogP contribution in [-0.2, 0) is 11.3 Å². The number of morpholine rings is 1. The normalized spacial score (nSPS) is 14.9. The first-order chi connectivity index (χ1) is 18.8. The number of nitrogens with zero attached hydrogens (tertiary/aromatic N) is 2. The van der Waals surface area contributed by atoms with Crippen LogP contribution in [0.3, 0.4) is 0 Å². The third-order valence-electron chi connectivity index (χ3n) is 7.77. The van der Waals surface area contributed by atoms with Crippen molar-refractivity contribution < 1.29 is 14.3 Å². The van der Waals surface area contributed by atoms with E-state index >= 15 is 0 Å². The summed E-state index contributed by atoms with van der Waals surface area (Å²) in [6, 6.07) is 14.0. The van der Waals surface area contributed by atoms with Crippen LogP contribution in [0.5, 0.6) is 5.75 Å². The second-order valence-electron chi connectivity index (χ2n) is 10.3. The fraction of sp³-hybridized carbons (Fsp3) is 0.355. The van der Waals surface area contributed by atoms with E-state index in [2.05, 4.69) is 38.8 Å². The molecule has 1 aromatic carbocycles. The summed E-state index contributed by atoms with van der Waals surface area (Å²) in [5.41, 5.74) is 7.74. The number of amides is 1. The second-order valence-corrected chi connectivity index (χ2v) is 10.3. The van der Waals surface area contributed by atoms with Gasteiger partial charge in [0.1, 0.15) is 5.75 Å². The highest BCUT2D eigenvalue weighted by atomic mass is 16.5. The van der Waals surface area contributed by atoms with E-state index in [1.54, 1.807) is 7.11 Å². The number of nitrogens with one attached hydrogen (secondary N) is 2. The maximum absolute atomic E-state index is 13.6. The van der Waals surface area contributed by atoms with Crippen molar-refractivity contribution in [2.75, 3.05) is 33.4 Å². The zero-order valence-corrected chi connectivity index (χ0v) is 23.3. The molecule has 3 aromatic heterocycles. The van der Waals surface area contributed by atoms with Gasteiger partial charge in [-0.2, -0.15) is 0 Å². The van der Waals surface area contributed by atoms with Crippen LogP contribution in [-0.4, -0.2) is 53.6 Å². The molecule has 1 unspecified atom stereocenters. The molecule has 1 amide bonds. The SMILES string of the molecule is COc1ccc(-c2cc3cc(C(=O)NCc4c(C)cc(C)[nH]c4=O)c(C)c(C(C)N4CCOCC4)n3c2)cc1. The summed E-state index contributed by atoms with van der Waals surface area (Å²) in [5.74, 6) is 0.610. The summed E-state index contributed by atoms with van der Waals surface area (Å²) < 4.78 is 13.1. The Kier molecular flexibility index (Phi) is 7.59. The molecular weight excluding hydrogens is 492 g/mol. The molecule has 5 rings (SSSR count). The van der Waals surface area contributed by atoms with Crippen LogP contribution >= 0.6 is 0 Å². The van der Waals surface area contributed by atoms with Crippen molar-refractivity contribution in [2.24, 2.45) is 0 Å². The number of carbonyl (C=O) groups is 1. The number of aromatic amines is 1. The van der Waals surface area contributed by atoms with Crippen LogP contribution in [0.4, 0.5) is 0 Å². The van der Waals surface area contributed by atoms with Crippen molar-refractivity contribution in [2.45, 2.75) is 40.3 Å². The third kappa shape index (κ3) is 5.35. The number of benzene rings is 1. The Labute approximate surface area is 228 Å². The number of aryl methyl sites for hydroxylation is 2. The quantitative estimate of drug-likeness (QED) is 0.367. The van der Waals surface area contributed by atoms with E-state index in [1.165, 1.54) is 0 Å². The minimum atomic E-state index is -0.197. The molecule has 8 heteroatoms. The highest BCUT2D eigenvalue weighted by Crippen LogP contribution is 2.32. The molecule has 0 radical (unpaired) electrons. The molecule has 204 valence electrons. The fourth-order valence-electron chi connectivity index (χ4n) is 5.57. The summed E-state index contributed by atoms with van der Waals surface area (Å²) in [6.45, 7) is 11.2. The molecule has 4 aromatic rings. The molecule has 1 saturated heterocycles. The first-order valence-corrected chi connectivity index (χ1v) is 13.4. The predicted octanol–water partition coefficient (Wildman–Crippen LogP) is 4.55. The van der Waals surface area contributed by atoms with Gasteiger partial charge in [0, 0.05) is 65.5 Å². The van der Waals surface area contributed by atoms with E-state index in [0.717, 1.165) is 58.0 Å². The smallest absolute Gasteiger partial charge is 0.253 e. The van der Waals surface area contributed by atoms with E-state index in [4.69, 9.17) is 9.47 Å². The Morgan fingerprint density at radius 2 is 1.79 bits per heavy atom. The molecule has 4 heterocycles. The lowest BCUT2D eigenvalue weighted by atomic mass is 10.0. The topological polar surface area (TPSA) is 88.1 Å². The number of fused-ring (bicyclic) bond motifs is 1. The molecule has 0 aliphatic carbocycles. The van der Waals surface area contributed by atoms with Crippen molar-refractivity contribution in [1.82, 2.24) is 19.6 Å². The van der Waals surface area contributed by atoms with E-state index in [1.807, 2.05) is 57.2 Å². The van der Waals surface area contributed by atoms with Crippen LogP contribution in [0.25, 0.3) is 16.6 Å². The van der Waals surface area contributed by atoms with Crippen LogP contribution in [0.1, 0.15) is 51.4 Å².